The minimum Gasteiger partial charge on any atom is -0.372 e. The van der Waals surface area contributed by atoms with Crippen molar-refractivity contribution >= 4 is 0 Å². The van der Waals surface area contributed by atoms with Crippen molar-refractivity contribution < 1.29 is 14.2 Å². The van der Waals surface area contributed by atoms with Gasteiger partial charge in [0.2, 0.25) is 0 Å². The van der Waals surface area contributed by atoms with Gasteiger partial charge in [0.15, 0.2) is 6.29 Å². The summed E-state index contributed by atoms with van der Waals surface area (Å²) in [6.07, 6.45) is 1.77. The molecule has 2 aliphatic heterocycles. The first kappa shape index (κ1) is 19.2. The molecule has 2 heterocycles. The van der Waals surface area contributed by atoms with E-state index in [2.05, 4.69) is 55.4 Å². The van der Waals surface area contributed by atoms with Crippen LogP contribution in [0.4, 0.5) is 0 Å². The van der Waals surface area contributed by atoms with Gasteiger partial charge in [-0.15, -0.1) is 0 Å². The Morgan fingerprint density at radius 2 is 1.22 bits per heavy atom. The van der Waals surface area contributed by atoms with Gasteiger partial charge in [-0.1, -0.05) is 48.5 Å². The molecule has 0 spiro atoms. The fourth-order valence-electron chi connectivity index (χ4n) is 4.29. The molecular weight excluding hydrogens is 288 g/mol. The van der Waals surface area contributed by atoms with Crippen LogP contribution in [0.15, 0.2) is 0 Å². The maximum atomic E-state index is 6.25. The van der Waals surface area contributed by atoms with Gasteiger partial charge in [0.25, 0.3) is 0 Å². The summed E-state index contributed by atoms with van der Waals surface area (Å²) >= 11 is 0. The van der Waals surface area contributed by atoms with Gasteiger partial charge in [-0.3, -0.25) is 0 Å². The van der Waals surface area contributed by atoms with Crippen molar-refractivity contribution in [2.45, 2.75) is 86.4 Å². The predicted octanol–water partition coefficient (Wildman–Crippen LogP) is 4.74. The molecule has 0 saturated carbocycles. The molecule has 2 rings (SSSR count). The Morgan fingerprint density at radius 3 is 1.83 bits per heavy atom. The van der Waals surface area contributed by atoms with E-state index in [9.17, 15) is 0 Å². The fraction of sp³-hybridized carbons (Fsp3) is 1.00. The van der Waals surface area contributed by atoms with E-state index in [1.54, 1.807) is 0 Å². The summed E-state index contributed by atoms with van der Waals surface area (Å²) in [5.74, 6) is 3.46. The second-order valence-electron chi connectivity index (χ2n) is 8.32. The Bertz CT molecular complexity index is 370. The molecule has 0 bridgehead atoms. The van der Waals surface area contributed by atoms with Crippen LogP contribution in [0, 0.1) is 35.5 Å². The summed E-state index contributed by atoms with van der Waals surface area (Å²) in [5.41, 5.74) is 0. The van der Waals surface area contributed by atoms with Gasteiger partial charge in [-0.25, -0.2) is 0 Å². The van der Waals surface area contributed by atoms with Crippen molar-refractivity contribution in [3.05, 3.63) is 0 Å². The maximum Gasteiger partial charge on any atom is 0.160 e. The summed E-state index contributed by atoms with van der Waals surface area (Å²) in [5, 5.41) is 0. The second-order valence-corrected chi connectivity index (χ2v) is 8.32. The van der Waals surface area contributed by atoms with Crippen LogP contribution in [0.2, 0.25) is 0 Å². The molecule has 0 aromatic heterocycles. The highest BCUT2D eigenvalue weighted by Crippen LogP contribution is 2.38. The molecule has 0 aliphatic carbocycles. The van der Waals surface area contributed by atoms with E-state index in [1.165, 1.54) is 0 Å². The zero-order valence-corrected chi connectivity index (χ0v) is 16.4. The van der Waals surface area contributed by atoms with E-state index >= 15 is 0 Å². The molecule has 2 aliphatic rings. The third kappa shape index (κ3) is 3.93. The fourth-order valence-corrected chi connectivity index (χ4v) is 4.29. The van der Waals surface area contributed by atoms with Gasteiger partial charge in [0, 0.05) is 5.92 Å². The van der Waals surface area contributed by atoms with Gasteiger partial charge >= 0.3 is 0 Å². The zero-order chi connectivity index (χ0) is 17.3. The second kappa shape index (κ2) is 7.84. The molecule has 3 nitrogen and oxygen atoms in total. The highest BCUT2D eigenvalue weighted by Gasteiger charge is 2.41. The molecule has 0 radical (unpaired) electrons. The van der Waals surface area contributed by atoms with E-state index in [1.807, 2.05) is 0 Å². The van der Waals surface area contributed by atoms with Crippen LogP contribution in [0.3, 0.4) is 0 Å². The maximum absolute atomic E-state index is 6.25. The molecule has 3 heteroatoms. The molecule has 2 saturated heterocycles. The van der Waals surface area contributed by atoms with Crippen molar-refractivity contribution in [1.82, 2.24) is 0 Å². The third-order valence-corrected chi connectivity index (χ3v) is 7.19. The molecule has 136 valence electrons. The first-order valence-electron chi connectivity index (χ1n) is 9.70. The van der Waals surface area contributed by atoms with Gasteiger partial charge in [-0.05, 0) is 42.9 Å². The van der Waals surface area contributed by atoms with Crippen molar-refractivity contribution in [3.8, 4) is 0 Å². The lowest BCUT2D eigenvalue weighted by Gasteiger charge is -2.45. The van der Waals surface area contributed by atoms with E-state index in [4.69, 9.17) is 14.2 Å². The Labute approximate surface area is 143 Å². The van der Waals surface area contributed by atoms with Crippen molar-refractivity contribution in [2.24, 2.45) is 35.5 Å². The zero-order valence-electron chi connectivity index (χ0n) is 16.4. The van der Waals surface area contributed by atoms with Crippen LogP contribution in [-0.4, -0.2) is 31.2 Å². The van der Waals surface area contributed by atoms with Crippen LogP contribution in [0.5, 0.6) is 0 Å². The summed E-state index contributed by atoms with van der Waals surface area (Å²) in [6, 6.07) is 0. The third-order valence-electron chi connectivity index (χ3n) is 7.19. The van der Waals surface area contributed by atoms with Gasteiger partial charge in [0.05, 0.1) is 24.9 Å². The summed E-state index contributed by atoms with van der Waals surface area (Å²) in [6.45, 7) is 18.9. The first-order valence-corrected chi connectivity index (χ1v) is 9.70. The van der Waals surface area contributed by atoms with E-state index in [-0.39, 0.29) is 12.4 Å². The molecule has 0 N–H and O–H groups in total. The minimum absolute atomic E-state index is 0.0908. The lowest BCUT2D eigenvalue weighted by Crippen LogP contribution is -2.49. The standard InChI is InChI=1S/C20H38O3/c1-9-18-14(5)12(3)16(7)20(23-18)21-10-19-15(6)11(2)13(4)17(8)22-19/h11-20H,9-10H2,1-8H3/t11?,12?,13?,14-,15-,16?,17-,18?,19?,20+/m0/s1. The largest absolute Gasteiger partial charge is 0.372 e. The first-order chi connectivity index (χ1) is 10.8. The number of hydrogen-bond acceptors (Lipinski definition) is 3. The Balaban J connectivity index is 1.94. The van der Waals surface area contributed by atoms with Crippen LogP contribution in [0.25, 0.3) is 0 Å². The highest BCUT2D eigenvalue weighted by molar-refractivity contribution is 4.85. The minimum atomic E-state index is -0.0908. The monoisotopic (exact) mass is 326 g/mol. The lowest BCUT2D eigenvalue weighted by atomic mass is 9.77. The summed E-state index contributed by atoms with van der Waals surface area (Å²) in [4.78, 5) is 0. The van der Waals surface area contributed by atoms with E-state index in [0.29, 0.717) is 54.3 Å². The number of hydrogen-bond donors (Lipinski definition) is 0. The molecular formula is C20H38O3. The van der Waals surface area contributed by atoms with Crippen molar-refractivity contribution in [2.75, 3.05) is 6.61 Å². The summed E-state index contributed by atoms with van der Waals surface area (Å²) in [7, 11) is 0. The normalized spacial score (nSPS) is 51.7. The molecule has 23 heavy (non-hydrogen) atoms. The Kier molecular flexibility index (Phi) is 6.55. The Morgan fingerprint density at radius 1 is 0.652 bits per heavy atom. The van der Waals surface area contributed by atoms with Crippen LogP contribution in [-0.2, 0) is 14.2 Å². The molecule has 0 amide bonds. The topological polar surface area (TPSA) is 27.7 Å². The number of ether oxygens (including phenoxy) is 3. The van der Waals surface area contributed by atoms with Crippen molar-refractivity contribution in [3.63, 3.8) is 0 Å². The van der Waals surface area contributed by atoms with E-state index < -0.39 is 0 Å². The molecule has 0 aromatic carbocycles. The highest BCUT2D eigenvalue weighted by atomic mass is 16.7. The summed E-state index contributed by atoms with van der Waals surface area (Å²) < 4.78 is 18.7. The quantitative estimate of drug-likeness (QED) is 0.746. The molecule has 6 unspecified atom stereocenters. The average Bonchev–Trinajstić information content (AvgIpc) is 2.54. The van der Waals surface area contributed by atoms with E-state index in [0.717, 1.165) is 6.42 Å². The predicted molar refractivity (Wildman–Crippen MR) is 94.2 cm³/mol. The molecule has 0 aromatic rings. The van der Waals surface area contributed by atoms with Crippen LogP contribution >= 0.6 is 0 Å². The van der Waals surface area contributed by atoms with Gasteiger partial charge < -0.3 is 14.2 Å². The van der Waals surface area contributed by atoms with Crippen LogP contribution < -0.4 is 0 Å². The number of rotatable bonds is 4. The smallest absolute Gasteiger partial charge is 0.160 e. The van der Waals surface area contributed by atoms with Gasteiger partial charge in [-0.2, -0.15) is 0 Å². The lowest BCUT2D eigenvalue weighted by molar-refractivity contribution is -0.265. The average molecular weight is 327 g/mol. The van der Waals surface area contributed by atoms with Crippen molar-refractivity contribution in [1.29, 1.82) is 0 Å². The van der Waals surface area contributed by atoms with Crippen LogP contribution in [0.1, 0.15) is 61.8 Å². The Hall–Kier alpha value is -0.120. The SMILES string of the molecule is CCC1O[C@@H](OCC2O[C@@H](C)C(C)C(C)[C@@H]2C)C(C)C(C)[C@@H]1C. The molecule has 10 atom stereocenters. The van der Waals surface area contributed by atoms with Gasteiger partial charge in [0.1, 0.15) is 0 Å². The molecule has 2 fully saturated rings.